The summed E-state index contributed by atoms with van der Waals surface area (Å²) in [6.07, 6.45) is -2.80. The third-order valence-corrected chi connectivity index (χ3v) is 7.90. The van der Waals surface area contributed by atoms with Crippen LogP contribution in [0.5, 0.6) is 0 Å². The highest BCUT2D eigenvalue weighted by atomic mass is 32.2. The van der Waals surface area contributed by atoms with E-state index in [2.05, 4.69) is 10.2 Å². The molecule has 1 unspecified atom stereocenters. The first-order valence-electron chi connectivity index (χ1n) is 12.9. The monoisotopic (exact) mass is 564 g/mol. The van der Waals surface area contributed by atoms with E-state index in [1.807, 2.05) is 65.2 Å². The van der Waals surface area contributed by atoms with E-state index >= 15 is 0 Å². The molecule has 1 fully saturated rings. The predicted molar refractivity (Wildman–Crippen MR) is 146 cm³/mol. The number of nitrogens with zero attached hydrogens (tertiary/aromatic N) is 4. The smallest absolute Gasteiger partial charge is 0.376 e. The zero-order valence-corrected chi connectivity index (χ0v) is 22.1. The summed E-state index contributed by atoms with van der Waals surface area (Å²) >= 11 is 1.15. The minimum atomic E-state index is -4.56. The Morgan fingerprint density at radius 3 is 2.52 bits per heavy atom. The van der Waals surface area contributed by atoms with Crippen LogP contribution in [0.1, 0.15) is 24.0 Å². The maximum absolute atomic E-state index is 14.5. The summed E-state index contributed by atoms with van der Waals surface area (Å²) in [7, 11) is 0. The van der Waals surface area contributed by atoms with Gasteiger partial charge in [-0.1, -0.05) is 60.3 Å². The first kappa shape index (κ1) is 26.5. The molecular weight excluding hydrogens is 540 g/mol. The summed E-state index contributed by atoms with van der Waals surface area (Å²) in [5, 5.41) is 10.3. The van der Waals surface area contributed by atoms with Crippen molar-refractivity contribution >= 4 is 22.7 Å². The van der Waals surface area contributed by atoms with E-state index in [9.17, 15) is 17.6 Å². The van der Waals surface area contributed by atoms with Crippen LogP contribution in [-0.4, -0.2) is 32.5 Å². The van der Waals surface area contributed by atoms with E-state index in [-0.39, 0.29) is 17.4 Å². The molecule has 204 valence electrons. The molecule has 2 aromatic heterocycles. The highest BCUT2D eigenvalue weighted by molar-refractivity contribution is 7.98. The lowest BCUT2D eigenvalue weighted by Gasteiger charge is -2.16. The number of para-hydroxylation sites is 1. The molecule has 0 aliphatic carbocycles. The van der Waals surface area contributed by atoms with Crippen molar-refractivity contribution in [3.63, 3.8) is 0 Å². The Kier molecular flexibility index (Phi) is 7.29. The normalized spacial score (nSPS) is 15.7. The standard InChI is InChI=1S/C30H24F4N4OS/c31-25-13-12-21(30(32,33)34)15-20(25)18-40-29-37-36-28(38(29)17-22-9-6-14-39-22)24-16-27(19-7-2-1-3-8-19)35-26-11-5-4-10-23(24)26/h1-5,7-8,10-13,15-16,22H,6,9,14,17-18H2. The fourth-order valence-electron chi connectivity index (χ4n) is 4.87. The number of fused-ring (bicyclic) bond motifs is 1. The molecule has 0 radical (unpaired) electrons. The van der Waals surface area contributed by atoms with Crippen LogP contribution in [0.4, 0.5) is 17.6 Å². The number of aromatic nitrogens is 4. The molecule has 0 bridgehead atoms. The molecule has 1 saturated heterocycles. The van der Waals surface area contributed by atoms with Gasteiger partial charge in [0.15, 0.2) is 11.0 Å². The average molecular weight is 565 g/mol. The van der Waals surface area contributed by atoms with E-state index in [1.165, 1.54) is 0 Å². The third kappa shape index (κ3) is 5.46. The van der Waals surface area contributed by atoms with Crippen molar-refractivity contribution < 1.29 is 22.3 Å². The third-order valence-electron chi connectivity index (χ3n) is 6.88. The van der Waals surface area contributed by atoms with Crippen molar-refractivity contribution in [2.45, 2.75) is 42.6 Å². The Morgan fingerprint density at radius 2 is 1.75 bits per heavy atom. The Balaban J connectivity index is 1.42. The van der Waals surface area contributed by atoms with Crippen LogP contribution < -0.4 is 0 Å². The second-order valence-electron chi connectivity index (χ2n) is 9.58. The lowest BCUT2D eigenvalue weighted by molar-refractivity contribution is -0.137. The summed E-state index contributed by atoms with van der Waals surface area (Å²) < 4.78 is 62.1. The molecule has 0 spiro atoms. The Morgan fingerprint density at radius 1 is 0.950 bits per heavy atom. The van der Waals surface area contributed by atoms with Crippen molar-refractivity contribution in [1.29, 1.82) is 0 Å². The SMILES string of the molecule is Fc1ccc(C(F)(F)F)cc1CSc1nnc(-c2cc(-c3ccccc3)nc3ccccc23)n1CC1CCCO1. The van der Waals surface area contributed by atoms with Crippen LogP contribution >= 0.6 is 11.8 Å². The van der Waals surface area contributed by atoms with Crippen LogP contribution in [0.2, 0.25) is 0 Å². The van der Waals surface area contributed by atoms with Crippen LogP contribution in [0, 0.1) is 5.82 Å². The zero-order valence-electron chi connectivity index (χ0n) is 21.2. The van der Waals surface area contributed by atoms with Gasteiger partial charge in [0.2, 0.25) is 0 Å². The highest BCUT2D eigenvalue weighted by Gasteiger charge is 2.31. The Labute approximate surface area is 232 Å². The fourth-order valence-corrected chi connectivity index (χ4v) is 5.79. The molecule has 5 aromatic rings. The van der Waals surface area contributed by atoms with Gasteiger partial charge in [0.05, 0.1) is 29.4 Å². The topological polar surface area (TPSA) is 52.8 Å². The van der Waals surface area contributed by atoms with Gasteiger partial charge in [-0.05, 0) is 48.7 Å². The number of ether oxygens (including phenoxy) is 1. The summed E-state index contributed by atoms with van der Waals surface area (Å²) in [6.45, 7) is 1.13. The lowest BCUT2D eigenvalue weighted by atomic mass is 10.0. The number of hydrogen-bond acceptors (Lipinski definition) is 5. The largest absolute Gasteiger partial charge is 0.416 e. The zero-order chi connectivity index (χ0) is 27.7. The van der Waals surface area contributed by atoms with Gasteiger partial charge in [-0.2, -0.15) is 13.2 Å². The van der Waals surface area contributed by atoms with Gasteiger partial charge in [-0.3, -0.25) is 4.57 Å². The van der Waals surface area contributed by atoms with Gasteiger partial charge in [-0.15, -0.1) is 10.2 Å². The first-order valence-corrected chi connectivity index (χ1v) is 13.8. The van der Waals surface area contributed by atoms with Gasteiger partial charge in [0.1, 0.15) is 5.82 Å². The molecule has 0 amide bonds. The van der Waals surface area contributed by atoms with E-state index in [1.54, 1.807) is 0 Å². The summed E-state index contributed by atoms with van der Waals surface area (Å²) in [6, 6.07) is 22.0. The molecule has 1 atom stereocenters. The molecule has 40 heavy (non-hydrogen) atoms. The molecule has 10 heteroatoms. The summed E-state index contributed by atoms with van der Waals surface area (Å²) in [4.78, 5) is 4.86. The first-order chi connectivity index (χ1) is 19.4. The average Bonchev–Trinajstić information content (AvgIpc) is 3.62. The van der Waals surface area contributed by atoms with Crippen LogP contribution in [0.15, 0.2) is 84.0 Å². The summed E-state index contributed by atoms with van der Waals surface area (Å²) in [5.41, 5.74) is 2.42. The lowest BCUT2D eigenvalue weighted by Crippen LogP contribution is -2.17. The second-order valence-corrected chi connectivity index (χ2v) is 10.5. The molecule has 0 N–H and O–H groups in total. The molecule has 1 aliphatic heterocycles. The fraction of sp³-hybridized carbons (Fsp3) is 0.233. The predicted octanol–water partition coefficient (Wildman–Crippen LogP) is 7.79. The minimum Gasteiger partial charge on any atom is -0.376 e. The van der Waals surface area contributed by atoms with Gasteiger partial charge >= 0.3 is 6.18 Å². The highest BCUT2D eigenvalue weighted by Crippen LogP contribution is 2.36. The Bertz CT molecular complexity index is 1650. The minimum absolute atomic E-state index is 0.0359. The van der Waals surface area contributed by atoms with Crippen LogP contribution in [0.3, 0.4) is 0 Å². The number of rotatable bonds is 7. The molecule has 3 aromatic carbocycles. The number of hydrogen-bond donors (Lipinski definition) is 0. The van der Waals surface area contributed by atoms with Gasteiger partial charge in [0, 0.05) is 28.9 Å². The molecular formula is C30H24F4N4OS. The Hall–Kier alpha value is -3.76. The number of pyridine rings is 1. The van der Waals surface area contributed by atoms with Crippen molar-refractivity contribution in [3.05, 3.63) is 95.8 Å². The molecule has 3 heterocycles. The van der Waals surface area contributed by atoms with Gasteiger partial charge in [-0.25, -0.2) is 9.37 Å². The van der Waals surface area contributed by atoms with E-state index in [0.29, 0.717) is 24.1 Å². The van der Waals surface area contributed by atoms with Gasteiger partial charge in [0.25, 0.3) is 0 Å². The number of alkyl halides is 3. The van der Waals surface area contributed by atoms with Gasteiger partial charge < -0.3 is 4.74 Å². The van der Waals surface area contributed by atoms with Crippen LogP contribution in [-0.2, 0) is 23.2 Å². The maximum atomic E-state index is 14.5. The summed E-state index contributed by atoms with van der Waals surface area (Å²) in [5.74, 6) is -0.136. The van der Waals surface area contributed by atoms with E-state index in [0.717, 1.165) is 70.5 Å². The second kappa shape index (κ2) is 11.0. The van der Waals surface area contributed by atoms with Crippen LogP contribution in [0.25, 0.3) is 33.5 Å². The maximum Gasteiger partial charge on any atom is 0.416 e. The quantitative estimate of drug-likeness (QED) is 0.149. The van der Waals surface area contributed by atoms with Crippen molar-refractivity contribution in [2.24, 2.45) is 0 Å². The number of thioether (sulfide) groups is 1. The molecule has 0 saturated carbocycles. The number of halogens is 4. The van der Waals surface area contributed by atoms with E-state index < -0.39 is 17.6 Å². The molecule has 1 aliphatic rings. The molecule has 6 rings (SSSR count). The van der Waals surface area contributed by atoms with Crippen molar-refractivity contribution in [2.75, 3.05) is 6.61 Å². The van der Waals surface area contributed by atoms with Crippen molar-refractivity contribution in [3.8, 4) is 22.6 Å². The van der Waals surface area contributed by atoms with Crippen molar-refractivity contribution in [1.82, 2.24) is 19.7 Å². The number of benzene rings is 3. The molecule has 5 nitrogen and oxygen atoms in total. The van der Waals surface area contributed by atoms with E-state index in [4.69, 9.17) is 9.72 Å².